The first-order valence-electron chi connectivity index (χ1n) is 7.19. The molecule has 0 saturated carbocycles. The zero-order chi connectivity index (χ0) is 13.2. The summed E-state index contributed by atoms with van der Waals surface area (Å²) in [6.07, 6.45) is 3.84. The van der Waals surface area contributed by atoms with Gasteiger partial charge >= 0.3 is 0 Å². The molecule has 1 aromatic heterocycles. The van der Waals surface area contributed by atoms with Gasteiger partial charge in [0.25, 0.3) is 0 Å². The molecule has 0 aromatic carbocycles. The molecule has 1 N–H and O–H groups in total. The van der Waals surface area contributed by atoms with Gasteiger partial charge in [-0.25, -0.2) is 4.98 Å². The average molecular weight is 266 g/mol. The minimum absolute atomic E-state index is 0.191. The van der Waals surface area contributed by atoms with Gasteiger partial charge in [0.1, 0.15) is 0 Å². The van der Waals surface area contributed by atoms with Crippen molar-refractivity contribution in [2.75, 3.05) is 13.1 Å². The summed E-state index contributed by atoms with van der Waals surface area (Å²) in [7, 11) is 0. The number of nitrogens with one attached hydrogen (secondary N) is 1. The van der Waals surface area contributed by atoms with Crippen LogP contribution in [0, 0.1) is 5.92 Å². The van der Waals surface area contributed by atoms with E-state index in [-0.39, 0.29) is 5.41 Å². The molecular formula is C15H26N2S. The normalized spacial score (nSPS) is 25.3. The quantitative estimate of drug-likeness (QED) is 0.896. The molecule has 3 heteroatoms. The Labute approximate surface area is 115 Å². The fraction of sp³-hybridized carbons (Fsp3) is 0.800. The molecule has 1 aromatic rings. The van der Waals surface area contributed by atoms with Gasteiger partial charge in [-0.15, -0.1) is 11.3 Å². The van der Waals surface area contributed by atoms with Crippen LogP contribution in [0.4, 0.5) is 0 Å². The number of thiazole rings is 1. The summed E-state index contributed by atoms with van der Waals surface area (Å²) in [5, 5.41) is 7.12. The van der Waals surface area contributed by atoms with Crippen molar-refractivity contribution in [2.24, 2.45) is 5.92 Å². The highest BCUT2D eigenvalue weighted by Crippen LogP contribution is 2.35. The second kappa shape index (κ2) is 5.70. The van der Waals surface area contributed by atoms with E-state index in [0.717, 1.165) is 12.5 Å². The highest BCUT2D eigenvalue weighted by Gasteiger charge is 2.28. The molecule has 0 spiro atoms. The summed E-state index contributed by atoms with van der Waals surface area (Å²) in [6.45, 7) is 11.4. The van der Waals surface area contributed by atoms with Crippen LogP contribution >= 0.6 is 11.3 Å². The van der Waals surface area contributed by atoms with E-state index in [1.54, 1.807) is 0 Å². The molecule has 18 heavy (non-hydrogen) atoms. The van der Waals surface area contributed by atoms with E-state index in [1.807, 2.05) is 11.3 Å². The number of nitrogens with zero attached hydrogens (tertiary/aromatic N) is 1. The zero-order valence-electron chi connectivity index (χ0n) is 12.1. The summed E-state index contributed by atoms with van der Waals surface area (Å²) >= 11 is 1.84. The number of piperidine rings is 1. The molecule has 102 valence electrons. The van der Waals surface area contributed by atoms with E-state index in [2.05, 4.69) is 38.4 Å². The van der Waals surface area contributed by atoms with Crippen molar-refractivity contribution in [3.8, 4) is 0 Å². The third-order valence-corrected chi connectivity index (χ3v) is 5.10. The Morgan fingerprint density at radius 2 is 2.22 bits per heavy atom. The molecule has 0 bridgehead atoms. The summed E-state index contributed by atoms with van der Waals surface area (Å²) < 4.78 is 0. The molecular weight excluding hydrogens is 240 g/mol. The molecule has 2 atom stereocenters. The molecule has 1 fully saturated rings. The zero-order valence-corrected chi connectivity index (χ0v) is 12.9. The average Bonchev–Trinajstić information content (AvgIpc) is 2.79. The van der Waals surface area contributed by atoms with Gasteiger partial charge in [-0.05, 0) is 31.8 Å². The van der Waals surface area contributed by atoms with E-state index in [1.165, 1.54) is 36.5 Å². The highest BCUT2D eigenvalue weighted by molar-refractivity contribution is 7.09. The molecule has 2 heterocycles. The smallest absolute Gasteiger partial charge is 0.0981 e. The minimum Gasteiger partial charge on any atom is -0.316 e. The Hall–Kier alpha value is -0.410. The van der Waals surface area contributed by atoms with Gasteiger partial charge < -0.3 is 5.32 Å². The molecule has 0 radical (unpaired) electrons. The van der Waals surface area contributed by atoms with E-state index in [0.29, 0.717) is 5.92 Å². The number of rotatable bonds is 3. The van der Waals surface area contributed by atoms with Crippen LogP contribution in [0.2, 0.25) is 0 Å². The maximum atomic E-state index is 4.93. The van der Waals surface area contributed by atoms with Gasteiger partial charge in [-0.3, -0.25) is 0 Å². The van der Waals surface area contributed by atoms with Crippen LogP contribution in [0.3, 0.4) is 0 Å². The predicted octanol–water partition coefficient (Wildman–Crippen LogP) is 3.93. The third-order valence-electron chi connectivity index (χ3n) is 3.81. The van der Waals surface area contributed by atoms with Crippen molar-refractivity contribution >= 4 is 11.3 Å². The number of hydrogen-bond donors (Lipinski definition) is 1. The first-order valence-corrected chi connectivity index (χ1v) is 8.07. The minimum atomic E-state index is 0.191. The Morgan fingerprint density at radius 3 is 2.83 bits per heavy atom. The summed E-state index contributed by atoms with van der Waals surface area (Å²) in [5.74, 6) is 1.46. The number of aromatic nitrogens is 1. The molecule has 0 amide bonds. The molecule has 2 unspecified atom stereocenters. The van der Waals surface area contributed by atoms with Crippen molar-refractivity contribution in [3.63, 3.8) is 0 Å². The Bertz CT molecular complexity index is 376. The lowest BCUT2D eigenvalue weighted by atomic mass is 9.81. The van der Waals surface area contributed by atoms with Crippen LogP contribution in [0.15, 0.2) is 5.38 Å². The maximum absolute atomic E-state index is 4.93. The van der Waals surface area contributed by atoms with Crippen molar-refractivity contribution < 1.29 is 0 Å². The van der Waals surface area contributed by atoms with Gasteiger partial charge in [-0.1, -0.05) is 34.1 Å². The van der Waals surface area contributed by atoms with E-state index < -0.39 is 0 Å². The van der Waals surface area contributed by atoms with Gasteiger partial charge in [0, 0.05) is 16.7 Å². The lowest BCUT2D eigenvalue weighted by molar-refractivity contribution is 0.302. The van der Waals surface area contributed by atoms with Gasteiger partial charge in [0.15, 0.2) is 0 Å². The first kappa shape index (κ1) is 14.0. The molecule has 1 aliphatic heterocycles. The molecule has 1 aliphatic rings. The van der Waals surface area contributed by atoms with E-state index in [9.17, 15) is 0 Å². The van der Waals surface area contributed by atoms with Crippen molar-refractivity contribution in [1.82, 2.24) is 10.3 Å². The van der Waals surface area contributed by atoms with Crippen molar-refractivity contribution in [3.05, 3.63) is 16.1 Å². The second-order valence-electron chi connectivity index (χ2n) is 6.48. The summed E-state index contributed by atoms with van der Waals surface area (Å²) in [4.78, 5) is 4.93. The van der Waals surface area contributed by atoms with Gasteiger partial charge in [0.05, 0.1) is 10.7 Å². The maximum Gasteiger partial charge on any atom is 0.0981 e. The second-order valence-corrected chi connectivity index (χ2v) is 7.33. The van der Waals surface area contributed by atoms with Crippen LogP contribution in [0.5, 0.6) is 0 Å². The van der Waals surface area contributed by atoms with Crippen LogP contribution in [0.1, 0.15) is 63.6 Å². The van der Waals surface area contributed by atoms with Gasteiger partial charge in [-0.2, -0.15) is 0 Å². The monoisotopic (exact) mass is 266 g/mol. The van der Waals surface area contributed by atoms with Crippen LogP contribution in [-0.2, 0) is 5.41 Å². The largest absolute Gasteiger partial charge is 0.316 e. The van der Waals surface area contributed by atoms with Crippen LogP contribution in [-0.4, -0.2) is 18.1 Å². The molecule has 2 nitrogen and oxygen atoms in total. The third kappa shape index (κ3) is 3.12. The van der Waals surface area contributed by atoms with E-state index in [4.69, 9.17) is 4.98 Å². The topological polar surface area (TPSA) is 24.9 Å². The SMILES string of the molecule is CCCC1CNCCC1c1csc(C(C)(C)C)n1. The Morgan fingerprint density at radius 1 is 1.44 bits per heavy atom. The fourth-order valence-corrected chi connectivity index (χ4v) is 3.76. The standard InChI is InChI=1S/C15H26N2S/c1-5-6-11-9-16-8-7-12(11)13-10-18-14(17-13)15(2,3)4/h10-12,16H,5-9H2,1-4H3. The predicted molar refractivity (Wildman–Crippen MR) is 79.4 cm³/mol. The van der Waals surface area contributed by atoms with Crippen LogP contribution in [0.25, 0.3) is 0 Å². The van der Waals surface area contributed by atoms with Crippen LogP contribution < -0.4 is 5.32 Å². The summed E-state index contributed by atoms with van der Waals surface area (Å²) in [6, 6.07) is 0. The lowest BCUT2D eigenvalue weighted by Crippen LogP contribution is -2.35. The highest BCUT2D eigenvalue weighted by atomic mass is 32.1. The van der Waals surface area contributed by atoms with Gasteiger partial charge in [0.2, 0.25) is 0 Å². The summed E-state index contributed by atoms with van der Waals surface area (Å²) in [5.41, 5.74) is 1.54. The molecule has 1 saturated heterocycles. The Balaban J connectivity index is 2.15. The van der Waals surface area contributed by atoms with Crippen molar-refractivity contribution in [1.29, 1.82) is 0 Å². The Kier molecular flexibility index (Phi) is 4.44. The first-order chi connectivity index (χ1) is 8.52. The van der Waals surface area contributed by atoms with E-state index >= 15 is 0 Å². The molecule has 0 aliphatic carbocycles. The molecule has 2 rings (SSSR count). The van der Waals surface area contributed by atoms with Crippen molar-refractivity contribution in [2.45, 2.75) is 58.3 Å². The fourth-order valence-electron chi connectivity index (χ4n) is 2.79. The lowest BCUT2D eigenvalue weighted by Gasteiger charge is -2.31. The number of hydrogen-bond acceptors (Lipinski definition) is 3.